The highest BCUT2D eigenvalue weighted by Crippen LogP contribution is 2.32. The summed E-state index contributed by atoms with van der Waals surface area (Å²) in [6.45, 7) is 1.83. The predicted octanol–water partition coefficient (Wildman–Crippen LogP) is 2.38. The van der Waals surface area contributed by atoms with Gasteiger partial charge in [-0.25, -0.2) is 10.8 Å². The lowest BCUT2D eigenvalue weighted by Crippen LogP contribution is -2.08. The summed E-state index contributed by atoms with van der Waals surface area (Å²) >= 11 is 0. The average molecular weight is 260 g/mol. The minimum Gasteiger partial charge on any atom is -0.450 e. The number of anilines is 1. The van der Waals surface area contributed by atoms with Crippen LogP contribution in [0.5, 0.6) is 11.5 Å². The molecular weight excluding hydrogens is 248 g/mol. The Hall–Kier alpha value is -2.67. The molecule has 0 saturated heterocycles. The van der Waals surface area contributed by atoms with Gasteiger partial charge in [-0.3, -0.25) is 10.1 Å². The second kappa shape index (κ2) is 5.32. The Morgan fingerprint density at radius 2 is 2.16 bits per heavy atom. The number of nitro benzene ring substituents is 1. The van der Waals surface area contributed by atoms with Crippen LogP contribution < -0.4 is 16.0 Å². The fourth-order valence-corrected chi connectivity index (χ4v) is 1.53. The molecule has 0 unspecified atom stereocenters. The molecule has 0 saturated carbocycles. The lowest BCUT2D eigenvalue weighted by Gasteiger charge is -2.08. The minimum atomic E-state index is -0.488. The fourth-order valence-electron chi connectivity index (χ4n) is 1.53. The Balaban J connectivity index is 2.36. The zero-order chi connectivity index (χ0) is 13.8. The lowest BCUT2D eigenvalue weighted by atomic mass is 10.2. The highest BCUT2D eigenvalue weighted by atomic mass is 16.6. The topological polar surface area (TPSA) is 103 Å². The van der Waals surface area contributed by atoms with Gasteiger partial charge in [0, 0.05) is 18.3 Å². The van der Waals surface area contributed by atoms with E-state index in [2.05, 4.69) is 10.4 Å². The zero-order valence-electron chi connectivity index (χ0n) is 10.2. The third kappa shape index (κ3) is 2.96. The third-order valence-corrected chi connectivity index (χ3v) is 2.42. The molecule has 3 N–H and O–H groups in total. The molecule has 0 aliphatic carbocycles. The summed E-state index contributed by atoms with van der Waals surface area (Å²) in [5.41, 5.74) is 3.15. The summed E-state index contributed by atoms with van der Waals surface area (Å²) < 4.78 is 5.52. The van der Waals surface area contributed by atoms with E-state index < -0.39 is 4.92 Å². The second-order valence-electron chi connectivity index (χ2n) is 3.85. The van der Waals surface area contributed by atoms with Crippen LogP contribution in [0, 0.1) is 17.0 Å². The largest absolute Gasteiger partial charge is 0.450 e. The minimum absolute atomic E-state index is 0.0929. The monoisotopic (exact) mass is 260 g/mol. The van der Waals surface area contributed by atoms with Gasteiger partial charge in [0.25, 0.3) is 0 Å². The molecule has 0 aliphatic rings. The maximum Gasteiger partial charge on any atom is 0.311 e. The first-order chi connectivity index (χ1) is 9.10. The summed E-state index contributed by atoms with van der Waals surface area (Å²) in [7, 11) is 0. The SMILES string of the molecule is Cc1ccc([N+](=O)[O-])c(Oc2ccnc(NN)c2)c1. The molecular formula is C12H12N4O3. The van der Waals surface area contributed by atoms with Crippen LogP contribution in [0.1, 0.15) is 5.56 Å². The summed E-state index contributed by atoms with van der Waals surface area (Å²) in [4.78, 5) is 14.4. The molecule has 7 nitrogen and oxygen atoms in total. The van der Waals surface area contributed by atoms with Crippen molar-refractivity contribution in [3.8, 4) is 11.5 Å². The average Bonchev–Trinajstić information content (AvgIpc) is 2.38. The van der Waals surface area contributed by atoms with E-state index in [9.17, 15) is 10.1 Å². The highest BCUT2D eigenvalue weighted by molar-refractivity contribution is 5.51. The maximum absolute atomic E-state index is 10.9. The van der Waals surface area contributed by atoms with Gasteiger partial charge in [0.1, 0.15) is 11.6 Å². The quantitative estimate of drug-likeness (QED) is 0.497. The van der Waals surface area contributed by atoms with Crippen LogP contribution >= 0.6 is 0 Å². The molecule has 0 aliphatic heterocycles. The number of rotatable bonds is 4. The number of benzene rings is 1. The zero-order valence-corrected chi connectivity index (χ0v) is 10.2. The van der Waals surface area contributed by atoms with E-state index in [0.717, 1.165) is 5.56 Å². The number of nitrogens with two attached hydrogens (primary N) is 1. The Kier molecular flexibility index (Phi) is 3.58. The van der Waals surface area contributed by atoms with Gasteiger partial charge >= 0.3 is 5.69 Å². The van der Waals surface area contributed by atoms with E-state index in [0.29, 0.717) is 11.6 Å². The van der Waals surface area contributed by atoms with Crippen molar-refractivity contribution in [2.24, 2.45) is 5.84 Å². The number of aromatic nitrogens is 1. The molecule has 0 bridgehead atoms. The fraction of sp³-hybridized carbons (Fsp3) is 0.0833. The molecule has 98 valence electrons. The summed E-state index contributed by atoms with van der Waals surface area (Å²) in [6, 6.07) is 7.81. The molecule has 0 amide bonds. The molecule has 0 fully saturated rings. The van der Waals surface area contributed by atoms with Crippen LogP contribution in [-0.2, 0) is 0 Å². The third-order valence-electron chi connectivity index (χ3n) is 2.42. The van der Waals surface area contributed by atoms with Crippen LogP contribution in [0.15, 0.2) is 36.5 Å². The van der Waals surface area contributed by atoms with E-state index in [-0.39, 0.29) is 11.4 Å². The van der Waals surface area contributed by atoms with Gasteiger partial charge in [0.2, 0.25) is 5.75 Å². The molecule has 0 spiro atoms. The van der Waals surface area contributed by atoms with E-state index in [4.69, 9.17) is 10.6 Å². The van der Waals surface area contributed by atoms with E-state index in [1.54, 1.807) is 24.3 Å². The number of pyridine rings is 1. The Morgan fingerprint density at radius 1 is 1.37 bits per heavy atom. The van der Waals surface area contributed by atoms with E-state index in [1.165, 1.54) is 12.3 Å². The van der Waals surface area contributed by atoms with Crippen LogP contribution in [0.4, 0.5) is 11.5 Å². The van der Waals surface area contributed by atoms with Crippen molar-refractivity contribution in [2.45, 2.75) is 6.92 Å². The molecule has 19 heavy (non-hydrogen) atoms. The predicted molar refractivity (Wildman–Crippen MR) is 70.0 cm³/mol. The first-order valence-electron chi connectivity index (χ1n) is 5.45. The molecule has 1 aromatic heterocycles. The number of hydrogen-bond donors (Lipinski definition) is 2. The first kappa shape index (κ1) is 12.8. The molecule has 1 heterocycles. The normalized spacial score (nSPS) is 10.0. The number of nitrogen functional groups attached to an aromatic ring is 1. The first-order valence-corrected chi connectivity index (χ1v) is 5.45. The molecule has 1 aromatic carbocycles. The summed E-state index contributed by atoms with van der Waals surface area (Å²) in [6.07, 6.45) is 1.49. The Bertz CT molecular complexity index is 616. The van der Waals surface area contributed by atoms with Crippen molar-refractivity contribution in [1.29, 1.82) is 0 Å². The Labute approximate surface area is 109 Å². The molecule has 7 heteroatoms. The summed E-state index contributed by atoms with van der Waals surface area (Å²) in [5.74, 6) is 6.24. The number of nitro groups is 1. The van der Waals surface area contributed by atoms with Gasteiger partial charge in [0.15, 0.2) is 0 Å². The van der Waals surface area contributed by atoms with Gasteiger partial charge in [-0.15, -0.1) is 0 Å². The van der Waals surface area contributed by atoms with Crippen LogP contribution in [-0.4, -0.2) is 9.91 Å². The maximum atomic E-state index is 10.9. The van der Waals surface area contributed by atoms with Crippen LogP contribution in [0.2, 0.25) is 0 Å². The van der Waals surface area contributed by atoms with Crippen molar-refractivity contribution in [1.82, 2.24) is 4.98 Å². The number of hydrazine groups is 1. The lowest BCUT2D eigenvalue weighted by molar-refractivity contribution is -0.385. The summed E-state index contributed by atoms with van der Waals surface area (Å²) in [5, 5.41) is 10.9. The van der Waals surface area contributed by atoms with Crippen molar-refractivity contribution in [3.05, 3.63) is 52.2 Å². The number of nitrogens with one attached hydrogen (secondary N) is 1. The second-order valence-corrected chi connectivity index (χ2v) is 3.85. The molecule has 2 aromatic rings. The molecule has 2 rings (SSSR count). The van der Waals surface area contributed by atoms with Gasteiger partial charge in [-0.05, 0) is 24.6 Å². The smallest absolute Gasteiger partial charge is 0.311 e. The van der Waals surface area contributed by atoms with E-state index in [1.807, 2.05) is 6.92 Å². The highest BCUT2D eigenvalue weighted by Gasteiger charge is 2.15. The Morgan fingerprint density at radius 3 is 2.84 bits per heavy atom. The van der Waals surface area contributed by atoms with Gasteiger partial charge < -0.3 is 10.2 Å². The number of hydrogen-bond acceptors (Lipinski definition) is 6. The standard InChI is InChI=1S/C12H12N4O3/c1-8-2-3-10(16(17)18)11(6-8)19-9-4-5-14-12(7-9)15-13/h2-7H,13H2,1H3,(H,14,15). The van der Waals surface area contributed by atoms with Crippen molar-refractivity contribution in [3.63, 3.8) is 0 Å². The number of aryl methyl sites for hydroxylation is 1. The van der Waals surface area contributed by atoms with Crippen molar-refractivity contribution < 1.29 is 9.66 Å². The number of ether oxygens (including phenoxy) is 1. The molecule has 0 radical (unpaired) electrons. The van der Waals surface area contributed by atoms with Crippen molar-refractivity contribution >= 4 is 11.5 Å². The molecule has 0 atom stereocenters. The van der Waals surface area contributed by atoms with E-state index >= 15 is 0 Å². The van der Waals surface area contributed by atoms with Crippen molar-refractivity contribution in [2.75, 3.05) is 5.43 Å². The van der Waals surface area contributed by atoms with Crippen LogP contribution in [0.3, 0.4) is 0 Å². The van der Waals surface area contributed by atoms with Gasteiger partial charge in [-0.2, -0.15) is 0 Å². The van der Waals surface area contributed by atoms with Crippen LogP contribution in [0.25, 0.3) is 0 Å². The van der Waals surface area contributed by atoms with Gasteiger partial charge in [0.05, 0.1) is 4.92 Å². The number of nitrogens with zero attached hydrogens (tertiary/aromatic N) is 2. The van der Waals surface area contributed by atoms with Gasteiger partial charge in [-0.1, -0.05) is 6.07 Å².